The van der Waals surface area contributed by atoms with Gasteiger partial charge in [0, 0.05) is 17.5 Å². The van der Waals surface area contributed by atoms with Crippen molar-refractivity contribution in [2.24, 2.45) is 5.10 Å². The van der Waals surface area contributed by atoms with Gasteiger partial charge in [-0.2, -0.15) is 16.4 Å². The van der Waals surface area contributed by atoms with Crippen molar-refractivity contribution in [2.45, 2.75) is 39.5 Å². The van der Waals surface area contributed by atoms with Crippen LogP contribution in [0.3, 0.4) is 0 Å². The number of fused-ring (bicyclic) bond motifs is 3. The molecule has 0 saturated heterocycles. The molecule has 0 bridgehead atoms. The molecule has 5 heteroatoms. The summed E-state index contributed by atoms with van der Waals surface area (Å²) in [7, 11) is 0. The molecule has 3 heterocycles. The number of hydrogen-bond donors (Lipinski definition) is 0. The van der Waals surface area contributed by atoms with Gasteiger partial charge in [0.15, 0.2) is 11.5 Å². The minimum absolute atomic E-state index is 0.140. The Bertz CT molecular complexity index is 1070. The number of benzene rings is 2. The highest BCUT2D eigenvalue weighted by Gasteiger charge is 2.42. The van der Waals surface area contributed by atoms with Crippen LogP contribution in [-0.4, -0.2) is 17.3 Å². The van der Waals surface area contributed by atoms with Crippen molar-refractivity contribution >= 4 is 17.0 Å². The lowest BCUT2D eigenvalue weighted by Gasteiger charge is -2.38. The van der Waals surface area contributed by atoms with Gasteiger partial charge in [0.25, 0.3) is 0 Å². The Balaban J connectivity index is 1.60. The summed E-state index contributed by atoms with van der Waals surface area (Å²) < 4.78 is 12.4. The zero-order chi connectivity index (χ0) is 20.0. The Hall–Kier alpha value is -2.79. The minimum Gasteiger partial charge on any atom is -0.490 e. The summed E-state index contributed by atoms with van der Waals surface area (Å²) in [5.41, 5.74) is 7.16. The zero-order valence-corrected chi connectivity index (χ0v) is 17.7. The molecule has 2 aliphatic heterocycles. The van der Waals surface area contributed by atoms with E-state index < -0.39 is 0 Å². The molecule has 1 aromatic heterocycles. The van der Waals surface area contributed by atoms with Crippen LogP contribution in [0.25, 0.3) is 0 Å². The van der Waals surface area contributed by atoms with E-state index in [1.165, 1.54) is 16.7 Å². The molecule has 0 spiro atoms. The van der Waals surface area contributed by atoms with Crippen molar-refractivity contribution in [1.82, 2.24) is 5.01 Å². The number of nitrogens with zero attached hydrogens (tertiary/aromatic N) is 2. The second-order valence-corrected chi connectivity index (χ2v) is 8.36. The largest absolute Gasteiger partial charge is 0.490 e. The van der Waals surface area contributed by atoms with Crippen LogP contribution in [0.1, 0.15) is 53.4 Å². The molecule has 0 aliphatic carbocycles. The maximum atomic E-state index is 6.50. The summed E-state index contributed by atoms with van der Waals surface area (Å²) >= 11 is 1.68. The van der Waals surface area contributed by atoms with Crippen molar-refractivity contribution in [1.29, 1.82) is 0 Å². The van der Waals surface area contributed by atoms with E-state index in [0.717, 1.165) is 34.8 Å². The van der Waals surface area contributed by atoms with Gasteiger partial charge in [-0.1, -0.05) is 24.3 Å². The predicted octanol–water partition coefficient (Wildman–Crippen LogP) is 6.01. The van der Waals surface area contributed by atoms with Crippen molar-refractivity contribution in [2.75, 3.05) is 6.61 Å². The van der Waals surface area contributed by atoms with Gasteiger partial charge >= 0.3 is 0 Å². The van der Waals surface area contributed by atoms with Crippen LogP contribution in [0.5, 0.6) is 11.5 Å². The van der Waals surface area contributed by atoms with E-state index in [1.54, 1.807) is 11.3 Å². The number of hydrazone groups is 1. The first kappa shape index (κ1) is 18.3. The third-order valence-corrected chi connectivity index (χ3v) is 6.45. The van der Waals surface area contributed by atoms with E-state index >= 15 is 0 Å². The van der Waals surface area contributed by atoms with E-state index in [-0.39, 0.29) is 12.3 Å². The van der Waals surface area contributed by atoms with Gasteiger partial charge in [0.05, 0.1) is 18.4 Å². The van der Waals surface area contributed by atoms with Gasteiger partial charge in [-0.25, -0.2) is 5.01 Å². The molecule has 148 valence electrons. The molecular weight excluding hydrogens is 380 g/mol. The van der Waals surface area contributed by atoms with Crippen LogP contribution in [0, 0.1) is 13.8 Å². The maximum Gasteiger partial charge on any atom is 0.214 e. The summed E-state index contributed by atoms with van der Waals surface area (Å²) in [6.45, 7) is 6.91. The van der Waals surface area contributed by atoms with Gasteiger partial charge in [-0.05, 0) is 66.4 Å². The average molecular weight is 405 g/mol. The molecule has 0 amide bonds. The smallest absolute Gasteiger partial charge is 0.214 e. The summed E-state index contributed by atoms with van der Waals surface area (Å²) in [6.07, 6.45) is 0.610. The van der Waals surface area contributed by atoms with E-state index in [0.29, 0.717) is 6.61 Å². The molecule has 0 unspecified atom stereocenters. The quantitative estimate of drug-likeness (QED) is 0.534. The number of para-hydroxylation sites is 1. The first-order chi connectivity index (χ1) is 14.2. The predicted molar refractivity (Wildman–Crippen MR) is 117 cm³/mol. The highest BCUT2D eigenvalue weighted by molar-refractivity contribution is 7.07. The molecule has 0 fully saturated rings. The van der Waals surface area contributed by atoms with Crippen molar-refractivity contribution in [3.8, 4) is 11.5 Å². The topological polar surface area (TPSA) is 34.1 Å². The fraction of sp³-hybridized carbons (Fsp3) is 0.292. The standard InChI is InChI=1S/C24H24N2O2S/c1-4-27-22-7-5-6-19-21-13-20(17-9-8-15(2)16(3)12-17)25-26(21)24(28-23(19)22)18-10-11-29-14-18/h5-12,14,21,24H,4,13H2,1-3H3/t21-,24-/m0/s1. The molecule has 2 aliphatic rings. The van der Waals surface area contributed by atoms with Crippen molar-refractivity contribution < 1.29 is 9.47 Å². The Morgan fingerprint density at radius 2 is 2.07 bits per heavy atom. The Morgan fingerprint density at radius 3 is 2.83 bits per heavy atom. The van der Waals surface area contributed by atoms with Crippen LogP contribution in [0.15, 0.2) is 58.3 Å². The summed E-state index contributed by atoms with van der Waals surface area (Å²) in [6, 6.07) is 15.0. The first-order valence-corrected chi connectivity index (χ1v) is 11.0. The minimum atomic E-state index is -0.246. The Kier molecular flexibility index (Phi) is 4.55. The Labute approximate surface area is 175 Å². The van der Waals surface area contributed by atoms with Gasteiger partial charge < -0.3 is 9.47 Å². The second-order valence-electron chi connectivity index (χ2n) is 7.58. The molecule has 4 nitrogen and oxygen atoms in total. The van der Waals surface area contributed by atoms with E-state index in [2.05, 4.69) is 59.9 Å². The summed E-state index contributed by atoms with van der Waals surface area (Å²) in [4.78, 5) is 0. The van der Waals surface area contributed by atoms with Crippen molar-refractivity contribution in [3.05, 3.63) is 81.0 Å². The molecule has 0 N–H and O–H groups in total. The number of hydrogen-bond acceptors (Lipinski definition) is 5. The van der Waals surface area contributed by atoms with Gasteiger partial charge in [0.1, 0.15) is 0 Å². The van der Waals surface area contributed by atoms with E-state index in [9.17, 15) is 0 Å². The number of aryl methyl sites for hydroxylation is 2. The first-order valence-electron chi connectivity index (χ1n) is 10.0. The maximum absolute atomic E-state index is 6.50. The monoisotopic (exact) mass is 404 g/mol. The number of thiophene rings is 1. The van der Waals surface area contributed by atoms with E-state index in [4.69, 9.17) is 14.6 Å². The number of ether oxygens (including phenoxy) is 2. The zero-order valence-electron chi connectivity index (χ0n) is 16.9. The fourth-order valence-electron chi connectivity index (χ4n) is 4.08. The van der Waals surface area contributed by atoms with Gasteiger partial charge in [-0.15, -0.1) is 0 Å². The van der Waals surface area contributed by atoms with Crippen LogP contribution in [0.4, 0.5) is 0 Å². The third kappa shape index (κ3) is 3.10. The lowest BCUT2D eigenvalue weighted by atomic mass is 9.94. The Morgan fingerprint density at radius 1 is 1.17 bits per heavy atom. The average Bonchev–Trinajstić information content (AvgIpc) is 3.40. The van der Waals surface area contributed by atoms with Crippen LogP contribution < -0.4 is 9.47 Å². The van der Waals surface area contributed by atoms with E-state index in [1.807, 2.05) is 19.1 Å². The highest BCUT2D eigenvalue weighted by Crippen LogP contribution is 2.50. The molecular formula is C24H24N2O2S. The molecule has 2 aromatic carbocycles. The molecule has 2 atom stereocenters. The lowest BCUT2D eigenvalue weighted by molar-refractivity contribution is -0.0209. The van der Waals surface area contributed by atoms with Crippen LogP contribution >= 0.6 is 11.3 Å². The summed E-state index contributed by atoms with van der Waals surface area (Å²) in [5.74, 6) is 1.66. The highest BCUT2D eigenvalue weighted by atomic mass is 32.1. The SMILES string of the molecule is CCOc1cccc2c1O[C@@H](c1ccsc1)N1N=C(c3ccc(C)c(C)c3)C[C@@H]21. The number of rotatable bonds is 4. The molecule has 29 heavy (non-hydrogen) atoms. The molecule has 3 aromatic rings. The fourth-order valence-corrected chi connectivity index (χ4v) is 4.75. The lowest BCUT2D eigenvalue weighted by Crippen LogP contribution is -2.33. The van der Waals surface area contributed by atoms with Gasteiger partial charge in [-0.3, -0.25) is 0 Å². The normalized spacial score (nSPS) is 20.0. The summed E-state index contributed by atoms with van der Waals surface area (Å²) in [5, 5.41) is 11.4. The molecule has 0 radical (unpaired) electrons. The molecule has 5 rings (SSSR count). The van der Waals surface area contributed by atoms with Gasteiger partial charge in [0.2, 0.25) is 6.23 Å². The second kappa shape index (κ2) is 7.23. The van der Waals surface area contributed by atoms with Crippen molar-refractivity contribution in [3.63, 3.8) is 0 Å². The van der Waals surface area contributed by atoms with Crippen LogP contribution in [-0.2, 0) is 0 Å². The van der Waals surface area contributed by atoms with Crippen LogP contribution in [0.2, 0.25) is 0 Å². The third-order valence-electron chi connectivity index (χ3n) is 5.75. The molecule has 0 saturated carbocycles.